The summed E-state index contributed by atoms with van der Waals surface area (Å²) in [5, 5.41) is 9.00. The average Bonchev–Trinajstić information content (AvgIpc) is 2.29. The molecule has 0 aliphatic carbocycles. The highest BCUT2D eigenvalue weighted by Crippen LogP contribution is 2.28. The molecule has 1 heterocycles. The van der Waals surface area contributed by atoms with Crippen LogP contribution in [-0.2, 0) is 4.79 Å². The monoisotopic (exact) mass is 219 g/mol. The number of benzene rings is 1. The molecule has 1 N–H and O–H groups in total. The molecule has 4 heteroatoms. The van der Waals surface area contributed by atoms with Crippen molar-refractivity contribution in [3.05, 3.63) is 29.8 Å². The van der Waals surface area contributed by atoms with Gasteiger partial charge in [0.2, 0.25) is 0 Å². The van der Waals surface area contributed by atoms with Crippen LogP contribution >= 0.6 is 0 Å². The molecule has 84 valence electrons. The van der Waals surface area contributed by atoms with E-state index in [-0.39, 0.29) is 5.78 Å². The summed E-state index contributed by atoms with van der Waals surface area (Å²) in [5.41, 5.74) is 1.36. The van der Waals surface area contributed by atoms with E-state index < -0.39 is 12.0 Å². The van der Waals surface area contributed by atoms with Crippen LogP contribution in [0.4, 0.5) is 5.69 Å². The molecule has 1 unspecified atom stereocenters. The van der Waals surface area contributed by atoms with E-state index in [4.69, 9.17) is 5.11 Å². The first-order valence-electron chi connectivity index (χ1n) is 5.23. The molecule has 0 saturated heterocycles. The lowest BCUT2D eigenvalue weighted by atomic mass is 9.99. The first kappa shape index (κ1) is 10.7. The quantitative estimate of drug-likeness (QED) is 0.820. The Hall–Kier alpha value is -1.84. The number of nitrogens with zero attached hydrogens (tertiary/aromatic N) is 1. The number of ketones is 1. The maximum Gasteiger partial charge on any atom is 0.326 e. The number of anilines is 1. The lowest BCUT2D eigenvalue weighted by Gasteiger charge is -2.33. The Balaban J connectivity index is 2.42. The van der Waals surface area contributed by atoms with Gasteiger partial charge in [0.15, 0.2) is 5.78 Å². The number of aliphatic carboxylic acids is 1. The minimum atomic E-state index is -0.871. The third kappa shape index (κ3) is 1.66. The number of fused-ring (bicyclic) bond motifs is 1. The minimum Gasteiger partial charge on any atom is -0.480 e. The second-order valence-electron chi connectivity index (χ2n) is 3.90. The Morgan fingerprint density at radius 2 is 2.12 bits per heavy atom. The van der Waals surface area contributed by atoms with Gasteiger partial charge in [-0.05, 0) is 19.1 Å². The van der Waals surface area contributed by atoms with Crippen LogP contribution in [0.15, 0.2) is 24.3 Å². The molecule has 1 aromatic carbocycles. The van der Waals surface area contributed by atoms with E-state index in [0.717, 1.165) is 5.69 Å². The zero-order chi connectivity index (χ0) is 11.7. The number of carboxylic acids is 1. The van der Waals surface area contributed by atoms with Crippen LogP contribution in [-0.4, -0.2) is 29.4 Å². The Bertz CT molecular complexity index is 442. The van der Waals surface area contributed by atoms with Crippen molar-refractivity contribution in [2.45, 2.75) is 19.4 Å². The van der Waals surface area contributed by atoms with E-state index >= 15 is 0 Å². The van der Waals surface area contributed by atoms with Gasteiger partial charge in [0, 0.05) is 24.2 Å². The van der Waals surface area contributed by atoms with E-state index in [2.05, 4.69) is 0 Å². The standard InChI is InChI=1S/C12H13NO3/c1-8(12(15)16)13-7-6-11(14)9-4-2-3-5-10(9)13/h2-5,8H,6-7H2,1H3,(H,15,16). The van der Waals surface area contributed by atoms with Crippen LogP contribution in [0.1, 0.15) is 23.7 Å². The molecule has 0 radical (unpaired) electrons. The van der Waals surface area contributed by atoms with Crippen LogP contribution in [0.5, 0.6) is 0 Å². The second kappa shape index (κ2) is 3.96. The summed E-state index contributed by atoms with van der Waals surface area (Å²) in [7, 11) is 0. The van der Waals surface area contributed by atoms with Crippen molar-refractivity contribution in [3.63, 3.8) is 0 Å². The Morgan fingerprint density at radius 1 is 1.44 bits per heavy atom. The number of carboxylic acid groups (broad SMARTS) is 1. The lowest BCUT2D eigenvalue weighted by molar-refractivity contribution is -0.138. The Labute approximate surface area is 93.5 Å². The highest BCUT2D eigenvalue weighted by Gasteiger charge is 2.28. The van der Waals surface area contributed by atoms with Crippen molar-refractivity contribution in [2.24, 2.45) is 0 Å². The SMILES string of the molecule is CC(C(=O)O)N1CCC(=O)c2ccccc21. The number of carbonyl (C=O) groups excluding carboxylic acids is 1. The summed E-state index contributed by atoms with van der Waals surface area (Å²) < 4.78 is 0. The van der Waals surface area contributed by atoms with Gasteiger partial charge in [-0.15, -0.1) is 0 Å². The molecule has 0 spiro atoms. The van der Waals surface area contributed by atoms with Crippen molar-refractivity contribution < 1.29 is 14.7 Å². The largest absolute Gasteiger partial charge is 0.480 e. The van der Waals surface area contributed by atoms with Gasteiger partial charge in [0.05, 0.1) is 0 Å². The molecule has 0 aromatic heterocycles. The number of hydrogen-bond donors (Lipinski definition) is 1. The third-order valence-corrected chi connectivity index (χ3v) is 2.92. The predicted molar refractivity (Wildman–Crippen MR) is 59.8 cm³/mol. The number of hydrogen-bond acceptors (Lipinski definition) is 3. The zero-order valence-corrected chi connectivity index (χ0v) is 9.01. The van der Waals surface area contributed by atoms with Crippen LogP contribution in [0.25, 0.3) is 0 Å². The normalized spacial score (nSPS) is 16.8. The van der Waals surface area contributed by atoms with Gasteiger partial charge in [-0.3, -0.25) is 4.79 Å². The summed E-state index contributed by atoms with van der Waals surface area (Å²) in [4.78, 5) is 24.4. The molecule has 4 nitrogen and oxygen atoms in total. The fourth-order valence-corrected chi connectivity index (χ4v) is 1.97. The lowest BCUT2D eigenvalue weighted by Crippen LogP contribution is -2.43. The molecule has 1 aromatic rings. The maximum absolute atomic E-state index is 11.6. The van der Waals surface area contributed by atoms with Gasteiger partial charge in [0.1, 0.15) is 6.04 Å². The first-order chi connectivity index (χ1) is 7.61. The maximum atomic E-state index is 11.6. The van der Waals surface area contributed by atoms with Crippen LogP contribution in [0.2, 0.25) is 0 Å². The van der Waals surface area contributed by atoms with Crippen LogP contribution in [0, 0.1) is 0 Å². The molecular formula is C12H13NO3. The second-order valence-corrected chi connectivity index (χ2v) is 3.90. The fourth-order valence-electron chi connectivity index (χ4n) is 1.97. The molecular weight excluding hydrogens is 206 g/mol. The smallest absolute Gasteiger partial charge is 0.326 e. The topological polar surface area (TPSA) is 57.6 Å². The van der Waals surface area contributed by atoms with Gasteiger partial charge >= 0.3 is 5.97 Å². The zero-order valence-electron chi connectivity index (χ0n) is 9.01. The summed E-state index contributed by atoms with van der Waals surface area (Å²) in [6.07, 6.45) is 0.384. The van der Waals surface area contributed by atoms with E-state index in [1.54, 1.807) is 30.0 Å². The van der Waals surface area contributed by atoms with Crippen molar-refractivity contribution >= 4 is 17.4 Å². The summed E-state index contributed by atoms with van der Waals surface area (Å²) in [6, 6.07) is 6.56. The van der Waals surface area contributed by atoms with Gasteiger partial charge in [-0.1, -0.05) is 12.1 Å². The van der Waals surface area contributed by atoms with Crippen LogP contribution < -0.4 is 4.90 Å². The average molecular weight is 219 g/mol. The molecule has 1 atom stereocenters. The molecule has 0 amide bonds. The molecule has 1 aliphatic heterocycles. The highest BCUT2D eigenvalue weighted by atomic mass is 16.4. The molecule has 1 aliphatic rings. The first-order valence-corrected chi connectivity index (χ1v) is 5.23. The summed E-state index contributed by atoms with van der Waals surface area (Å²) >= 11 is 0. The molecule has 0 bridgehead atoms. The third-order valence-electron chi connectivity index (χ3n) is 2.92. The van der Waals surface area contributed by atoms with Crippen LogP contribution in [0.3, 0.4) is 0 Å². The van der Waals surface area contributed by atoms with Crippen molar-refractivity contribution in [1.82, 2.24) is 0 Å². The van der Waals surface area contributed by atoms with E-state index in [0.29, 0.717) is 18.5 Å². The Kier molecular flexibility index (Phi) is 2.64. The summed E-state index contributed by atoms with van der Waals surface area (Å²) in [6.45, 7) is 2.11. The number of rotatable bonds is 2. The van der Waals surface area contributed by atoms with E-state index in [1.165, 1.54) is 0 Å². The van der Waals surface area contributed by atoms with Gasteiger partial charge in [-0.2, -0.15) is 0 Å². The molecule has 2 rings (SSSR count). The Morgan fingerprint density at radius 3 is 2.81 bits per heavy atom. The van der Waals surface area contributed by atoms with Crippen molar-refractivity contribution in [3.8, 4) is 0 Å². The van der Waals surface area contributed by atoms with Gasteiger partial charge < -0.3 is 10.0 Å². The molecule has 16 heavy (non-hydrogen) atoms. The van der Waals surface area contributed by atoms with E-state index in [1.807, 2.05) is 6.07 Å². The van der Waals surface area contributed by atoms with Gasteiger partial charge in [0.25, 0.3) is 0 Å². The minimum absolute atomic E-state index is 0.0874. The molecule has 0 fully saturated rings. The van der Waals surface area contributed by atoms with Crippen molar-refractivity contribution in [2.75, 3.05) is 11.4 Å². The fraction of sp³-hybridized carbons (Fsp3) is 0.333. The predicted octanol–water partition coefficient (Wildman–Crippen LogP) is 1.55. The van der Waals surface area contributed by atoms with E-state index in [9.17, 15) is 9.59 Å². The molecule has 0 saturated carbocycles. The number of Topliss-reactive ketones (excluding diaryl/α,β-unsaturated/α-hetero) is 1. The van der Waals surface area contributed by atoms with Gasteiger partial charge in [-0.25, -0.2) is 4.79 Å². The summed E-state index contributed by atoms with van der Waals surface area (Å²) in [5.74, 6) is -0.784. The van der Waals surface area contributed by atoms with Crippen molar-refractivity contribution in [1.29, 1.82) is 0 Å². The number of para-hydroxylation sites is 1. The highest BCUT2D eigenvalue weighted by molar-refractivity contribution is 6.04. The number of carbonyl (C=O) groups is 2.